The van der Waals surface area contributed by atoms with Gasteiger partial charge in [-0.3, -0.25) is 4.79 Å². The SMILES string of the molecule is C=C/C=C(\C=C/C)C/C(C)=C/C=C(\C)CC.CCCCCC(C)CC(=O)CCCC.CCc1cccc(C(C)(F)F)c1.O=C=O. The van der Waals surface area contributed by atoms with E-state index in [1.807, 2.05) is 26.0 Å². The predicted octanol–water partition coefficient (Wildman–Crippen LogP) is 12.5. The molecule has 1 atom stereocenters. The van der Waals surface area contributed by atoms with E-state index in [9.17, 15) is 13.6 Å². The summed E-state index contributed by atoms with van der Waals surface area (Å²) in [6.45, 7) is 21.7. The zero-order valence-electron chi connectivity index (χ0n) is 29.8. The van der Waals surface area contributed by atoms with E-state index in [2.05, 4.69) is 78.5 Å². The van der Waals surface area contributed by atoms with E-state index in [1.54, 1.807) is 12.1 Å². The second kappa shape index (κ2) is 30.8. The summed E-state index contributed by atoms with van der Waals surface area (Å²) in [6.07, 6.45) is 24.6. The van der Waals surface area contributed by atoms with E-state index in [1.165, 1.54) is 48.5 Å². The molecule has 0 heterocycles. The normalized spacial score (nSPS) is 12.5. The van der Waals surface area contributed by atoms with E-state index < -0.39 is 5.92 Å². The zero-order valence-corrected chi connectivity index (χ0v) is 29.8. The van der Waals surface area contributed by atoms with Gasteiger partial charge in [0.05, 0.1) is 0 Å². The van der Waals surface area contributed by atoms with Crippen molar-refractivity contribution < 1.29 is 23.2 Å². The van der Waals surface area contributed by atoms with Gasteiger partial charge in [-0.05, 0) is 69.6 Å². The summed E-state index contributed by atoms with van der Waals surface area (Å²) in [5.74, 6) is -1.65. The Labute approximate surface area is 274 Å². The fourth-order valence-corrected chi connectivity index (χ4v) is 4.10. The van der Waals surface area contributed by atoms with Gasteiger partial charge >= 0.3 is 6.15 Å². The zero-order chi connectivity index (χ0) is 35.1. The molecule has 0 aliphatic rings. The largest absolute Gasteiger partial charge is 0.373 e. The van der Waals surface area contributed by atoms with Crippen LogP contribution < -0.4 is 0 Å². The van der Waals surface area contributed by atoms with E-state index in [4.69, 9.17) is 9.59 Å². The number of hydrogen-bond donors (Lipinski definition) is 0. The van der Waals surface area contributed by atoms with E-state index in [0.717, 1.165) is 57.4 Å². The molecule has 45 heavy (non-hydrogen) atoms. The summed E-state index contributed by atoms with van der Waals surface area (Å²) in [7, 11) is 0. The summed E-state index contributed by atoms with van der Waals surface area (Å²) in [5, 5.41) is 0. The molecule has 0 fully saturated rings. The van der Waals surface area contributed by atoms with Crippen molar-refractivity contribution in [1.29, 1.82) is 0 Å². The van der Waals surface area contributed by atoms with Crippen LogP contribution in [0.25, 0.3) is 0 Å². The number of halogens is 2. The maximum Gasteiger partial charge on any atom is 0.373 e. The summed E-state index contributed by atoms with van der Waals surface area (Å²) < 4.78 is 25.5. The van der Waals surface area contributed by atoms with Crippen LogP contribution in [0.1, 0.15) is 138 Å². The molecule has 0 aliphatic carbocycles. The standard InChI is InChI=1S/C16H24.C13H26O.C10H12F2.CO2/c1-6-9-16(10-7-2)13-15(5)12-11-14(4)8-3;1-4-6-8-9-12(3)11-13(14)10-7-5-2;1-3-8-5-4-6-9(7-8)10(2,11)12;2-1-3/h6-7,9-12H,1,8,13H2,2-5H3;12H,4-11H2,1-3H3;4-7H,3H2,1-2H3;/b10-7-,14-11+,15-12+,16-9+;;;. The Balaban J connectivity index is -0.000000566. The average Bonchev–Trinajstić information content (AvgIpc) is 3.00. The highest BCUT2D eigenvalue weighted by atomic mass is 19.3. The number of benzene rings is 1. The van der Waals surface area contributed by atoms with Crippen LogP contribution in [0.4, 0.5) is 8.78 Å². The van der Waals surface area contributed by atoms with Crippen LogP contribution in [0, 0.1) is 5.92 Å². The molecule has 1 unspecified atom stereocenters. The molecule has 1 aromatic rings. The van der Waals surface area contributed by atoms with Gasteiger partial charge in [0.15, 0.2) is 0 Å². The van der Waals surface area contributed by atoms with Crippen LogP contribution >= 0.6 is 0 Å². The molecule has 1 aromatic carbocycles. The predicted molar refractivity (Wildman–Crippen MR) is 188 cm³/mol. The monoisotopic (exact) mass is 628 g/mol. The maximum atomic E-state index is 12.8. The molecule has 3 nitrogen and oxygen atoms in total. The third kappa shape index (κ3) is 30.6. The molecule has 0 N–H and O–H groups in total. The van der Waals surface area contributed by atoms with Crippen LogP contribution in [0.2, 0.25) is 0 Å². The van der Waals surface area contributed by atoms with Gasteiger partial charge in [-0.15, -0.1) is 0 Å². The Morgan fingerprint density at radius 2 is 1.58 bits per heavy atom. The van der Waals surface area contributed by atoms with Crippen molar-refractivity contribution >= 4 is 11.9 Å². The smallest absolute Gasteiger partial charge is 0.300 e. The van der Waals surface area contributed by atoms with Crippen molar-refractivity contribution in [2.24, 2.45) is 5.92 Å². The number of carbonyl (C=O) groups excluding carboxylic acids is 3. The van der Waals surface area contributed by atoms with Crippen molar-refractivity contribution in [1.82, 2.24) is 0 Å². The van der Waals surface area contributed by atoms with Gasteiger partial charge in [-0.25, -0.2) is 8.78 Å². The lowest BCUT2D eigenvalue weighted by Crippen LogP contribution is -2.06. The van der Waals surface area contributed by atoms with Crippen LogP contribution in [0.3, 0.4) is 0 Å². The number of ketones is 1. The first-order chi connectivity index (χ1) is 21.3. The first-order valence-corrected chi connectivity index (χ1v) is 16.5. The number of aryl methyl sites for hydroxylation is 1. The second-order valence-corrected chi connectivity index (χ2v) is 11.5. The summed E-state index contributed by atoms with van der Waals surface area (Å²) in [5.41, 5.74) is 5.14. The Hall–Kier alpha value is -3.17. The molecule has 0 spiro atoms. The number of alkyl halides is 2. The van der Waals surface area contributed by atoms with Gasteiger partial charge in [-0.1, -0.05) is 139 Å². The fraction of sp³-hybridized carbons (Fsp3) is 0.550. The minimum Gasteiger partial charge on any atom is -0.300 e. The minimum atomic E-state index is -2.72. The molecule has 0 aliphatic heterocycles. The topological polar surface area (TPSA) is 51.2 Å². The third-order valence-electron chi connectivity index (χ3n) is 6.93. The number of Topliss-reactive ketones (excluding diaryl/α,β-unsaturated/α-hetero) is 1. The Morgan fingerprint density at radius 1 is 0.978 bits per heavy atom. The molecule has 1 rings (SSSR count). The van der Waals surface area contributed by atoms with E-state index in [0.29, 0.717) is 11.7 Å². The van der Waals surface area contributed by atoms with Crippen LogP contribution in [-0.2, 0) is 26.7 Å². The Bertz CT molecular complexity index is 1070. The number of carbonyl (C=O) groups is 1. The molecule has 0 bridgehead atoms. The molecule has 0 radical (unpaired) electrons. The quantitative estimate of drug-likeness (QED) is 0.127. The van der Waals surface area contributed by atoms with Crippen molar-refractivity contribution in [2.45, 2.75) is 139 Å². The van der Waals surface area contributed by atoms with Gasteiger partial charge in [0.1, 0.15) is 5.78 Å². The first kappa shape index (κ1) is 46.3. The first-order valence-electron chi connectivity index (χ1n) is 16.5. The molecule has 0 amide bonds. The molecule has 0 saturated carbocycles. The van der Waals surface area contributed by atoms with E-state index >= 15 is 0 Å². The maximum absolute atomic E-state index is 12.8. The molecular formula is C40H62F2O3. The average molecular weight is 629 g/mol. The minimum absolute atomic E-state index is 0.0989. The summed E-state index contributed by atoms with van der Waals surface area (Å²) in [4.78, 5) is 27.7. The summed E-state index contributed by atoms with van der Waals surface area (Å²) in [6, 6.07) is 6.54. The summed E-state index contributed by atoms with van der Waals surface area (Å²) >= 11 is 0. The number of allylic oxidation sites excluding steroid dienone is 9. The Kier molecular flexibility index (Phi) is 31.7. The Morgan fingerprint density at radius 3 is 2.07 bits per heavy atom. The second-order valence-electron chi connectivity index (χ2n) is 11.5. The molecule has 0 aromatic heterocycles. The molecule has 0 saturated heterocycles. The molecule has 254 valence electrons. The van der Waals surface area contributed by atoms with Crippen molar-refractivity contribution in [3.63, 3.8) is 0 Å². The van der Waals surface area contributed by atoms with Crippen LogP contribution in [-0.4, -0.2) is 11.9 Å². The van der Waals surface area contributed by atoms with Gasteiger partial charge in [0, 0.05) is 25.3 Å². The molecular weight excluding hydrogens is 566 g/mol. The van der Waals surface area contributed by atoms with Crippen molar-refractivity contribution in [2.75, 3.05) is 0 Å². The van der Waals surface area contributed by atoms with E-state index in [-0.39, 0.29) is 11.7 Å². The third-order valence-corrected chi connectivity index (χ3v) is 6.93. The lowest BCUT2D eigenvalue weighted by Gasteiger charge is -2.10. The molecule has 5 heteroatoms. The van der Waals surface area contributed by atoms with Gasteiger partial charge in [0.2, 0.25) is 0 Å². The van der Waals surface area contributed by atoms with Crippen LogP contribution in [0.5, 0.6) is 0 Å². The van der Waals surface area contributed by atoms with Crippen molar-refractivity contribution in [3.8, 4) is 0 Å². The number of rotatable bonds is 17. The van der Waals surface area contributed by atoms with Gasteiger partial charge in [0.25, 0.3) is 5.92 Å². The highest BCUT2D eigenvalue weighted by Gasteiger charge is 2.23. The lowest BCUT2D eigenvalue weighted by atomic mass is 9.96. The van der Waals surface area contributed by atoms with Gasteiger partial charge < -0.3 is 0 Å². The fourth-order valence-electron chi connectivity index (χ4n) is 4.10. The highest BCUT2D eigenvalue weighted by molar-refractivity contribution is 5.78. The van der Waals surface area contributed by atoms with Crippen LogP contribution in [0.15, 0.2) is 84.0 Å². The highest BCUT2D eigenvalue weighted by Crippen LogP contribution is 2.27. The number of hydrogen-bond acceptors (Lipinski definition) is 3. The lowest BCUT2D eigenvalue weighted by molar-refractivity contribution is -0.191. The van der Waals surface area contributed by atoms with Crippen molar-refractivity contribution in [3.05, 3.63) is 95.1 Å². The van der Waals surface area contributed by atoms with Gasteiger partial charge in [-0.2, -0.15) is 9.59 Å². The number of unbranched alkanes of at least 4 members (excludes halogenated alkanes) is 3.